The number of rotatable bonds is 4. The van der Waals surface area contributed by atoms with Gasteiger partial charge in [0.05, 0.1) is 4.90 Å². The Hall–Kier alpha value is -2.29. The third-order valence-corrected chi connectivity index (χ3v) is 7.51. The molecule has 2 aromatic rings. The number of ether oxygens (including phenoxy) is 1. The fourth-order valence-corrected chi connectivity index (χ4v) is 5.49. The highest BCUT2D eigenvalue weighted by Crippen LogP contribution is 2.27. The minimum atomic E-state index is -3.91. The van der Waals surface area contributed by atoms with Gasteiger partial charge in [-0.15, -0.1) is 0 Å². The minimum absolute atomic E-state index is 0.0420. The maximum Gasteiger partial charge on any atom is 0.252 e. The highest BCUT2D eigenvalue weighted by atomic mass is 32.2. The van der Waals surface area contributed by atoms with Crippen molar-refractivity contribution in [1.82, 2.24) is 4.31 Å². The van der Waals surface area contributed by atoms with Crippen molar-refractivity contribution in [1.29, 1.82) is 0 Å². The number of para-hydroxylation sites is 1. The lowest BCUT2D eigenvalue weighted by Gasteiger charge is -2.28. The van der Waals surface area contributed by atoms with Crippen molar-refractivity contribution in [3.63, 3.8) is 0 Å². The summed E-state index contributed by atoms with van der Waals surface area (Å²) in [5.74, 6) is -0.747. The SMILES string of the molecule is COCC(=O)N1CCCCCCCCN(S(=O)(=O)c2cccc(F)c2)Cc2ccccc21. The summed E-state index contributed by atoms with van der Waals surface area (Å²) in [4.78, 5) is 14.4. The van der Waals surface area contributed by atoms with E-state index in [1.165, 1.54) is 29.6 Å². The number of carbonyl (C=O) groups excluding carboxylic acids is 1. The molecule has 0 bridgehead atoms. The van der Waals surface area contributed by atoms with Gasteiger partial charge in [0, 0.05) is 32.4 Å². The molecular formula is C24H31FN2O4S. The van der Waals surface area contributed by atoms with Crippen molar-refractivity contribution in [2.75, 3.05) is 31.7 Å². The average Bonchev–Trinajstić information content (AvgIpc) is 2.79. The number of amides is 1. The first kappa shape index (κ1) is 24.4. The molecule has 1 amide bonds. The fourth-order valence-electron chi connectivity index (χ4n) is 4.00. The molecule has 0 aromatic heterocycles. The zero-order valence-corrected chi connectivity index (χ0v) is 19.3. The Morgan fingerprint density at radius 1 is 0.969 bits per heavy atom. The van der Waals surface area contributed by atoms with Crippen LogP contribution < -0.4 is 4.90 Å². The van der Waals surface area contributed by atoms with E-state index in [0.717, 1.165) is 50.2 Å². The summed E-state index contributed by atoms with van der Waals surface area (Å²) >= 11 is 0. The molecule has 0 atom stereocenters. The van der Waals surface area contributed by atoms with E-state index in [1.807, 2.05) is 24.3 Å². The number of carbonyl (C=O) groups is 1. The van der Waals surface area contributed by atoms with E-state index < -0.39 is 15.8 Å². The van der Waals surface area contributed by atoms with Crippen LogP contribution in [0.3, 0.4) is 0 Å². The fraction of sp³-hybridized carbons (Fsp3) is 0.458. The first-order valence-electron chi connectivity index (χ1n) is 11.1. The number of fused-ring (bicyclic) bond motifs is 1. The topological polar surface area (TPSA) is 66.9 Å². The van der Waals surface area contributed by atoms with Gasteiger partial charge >= 0.3 is 0 Å². The van der Waals surface area contributed by atoms with Crippen LogP contribution in [0.25, 0.3) is 0 Å². The van der Waals surface area contributed by atoms with E-state index >= 15 is 0 Å². The van der Waals surface area contributed by atoms with Gasteiger partial charge in [-0.2, -0.15) is 4.31 Å². The van der Waals surface area contributed by atoms with Crippen LogP contribution in [0.15, 0.2) is 53.4 Å². The van der Waals surface area contributed by atoms with E-state index in [2.05, 4.69) is 0 Å². The van der Waals surface area contributed by atoms with Crippen LogP contribution in [0.2, 0.25) is 0 Å². The monoisotopic (exact) mass is 462 g/mol. The lowest BCUT2D eigenvalue weighted by Crippen LogP contribution is -2.37. The molecule has 0 aliphatic carbocycles. The van der Waals surface area contributed by atoms with E-state index in [0.29, 0.717) is 18.8 Å². The van der Waals surface area contributed by atoms with E-state index in [1.54, 1.807) is 4.90 Å². The number of halogens is 1. The van der Waals surface area contributed by atoms with Gasteiger partial charge in [0.25, 0.3) is 5.91 Å². The molecule has 0 saturated carbocycles. The second kappa shape index (κ2) is 11.5. The molecule has 174 valence electrons. The first-order chi connectivity index (χ1) is 15.4. The normalized spacial score (nSPS) is 17.0. The van der Waals surface area contributed by atoms with Crippen molar-refractivity contribution < 1.29 is 22.3 Å². The summed E-state index contributed by atoms with van der Waals surface area (Å²) < 4.78 is 47.1. The van der Waals surface area contributed by atoms with Crippen LogP contribution in [0.4, 0.5) is 10.1 Å². The van der Waals surface area contributed by atoms with Gasteiger partial charge < -0.3 is 9.64 Å². The van der Waals surface area contributed by atoms with Crippen molar-refractivity contribution in [3.8, 4) is 0 Å². The summed E-state index contributed by atoms with van der Waals surface area (Å²) in [7, 11) is -2.42. The second-order valence-corrected chi connectivity index (χ2v) is 9.96. The third-order valence-electron chi connectivity index (χ3n) is 5.67. The Balaban J connectivity index is 2.01. The molecule has 1 aliphatic rings. The molecule has 0 fully saturated rings. The van der Waals surface area contributed by atoms with Gasteiger partial charge in [-0.1, -0.05) is 49.9 Å². The first-order valence-corrected chi connectivity index (χ1v) is 12.5. The highest BCUT2D eigenvalue weighted by molar-refractivity contribution is 7.89. The predicted octanol–water partition coefficient (Wildman–Crippen LogP) is 4.35. The van der Waals surface area contributed by atoms with Gasteiger partial charge in [0.15, 0.2) is 0 Å². The maximum absolute atomic E-state index is 13.8. The maximum atomic E-state index is 13.8. The van der Waals surface area contributed by atoms with Gasteiger partial charge in [0.2, 0.25) is 10.0 Å². The van der Waals surface area contributed by atoms with E-state index in [-0.39, 0.29) is 24.0 Å². The Morgan fingerprint density at radius 2 is 1.66 bits per heavy atom. The molecule has 0 N–H and O–H groups in total. The molecule has 32 heavy (non-hydrogen) atoms. The quantitative estimate of drug-likeness (QED) is 0.678. The van der Waals surface area contributed by atoms with Crippen LogP contribution in [0.1, 0.15) is 44.1 Å². The lowest BCUT2D eigenvalue weighted by atomic mass is 10.1. The van der Waals surface area contributed by atoms with Crippen LogP contribution in [-0.4, -0.2) is 45.4 Å². The smallest absolute Gasteiger partial charge is 0.252 e. The molecule has 0 radical (unpaired) electrons. The van der Waals surface area contributed by atoms with Crippen LogP contribution >= 0.6 is 0 Å². The molecule has 3 rings (SSSR count). The number of methoxy groups -OCH3 is 1. The molecule has 0 unspecified atom stereocenters. The van der Waals surface area contributed by atoms with Crippen LogP contribution in [0.5, 0.6) is 0 Å². The Bertz CT molecular complexity index is 1010. The largest absolute Gasteiger partial charge is 0.375 e. The third kappa shape index (κ3) is 6.15. The van der Waals surface area contributed by atoms with Crippen molar-refractivity contribution in [2.24, 2.45) is 0 Å². The van der Waals surface area contributed by atoms with Gasteiger partial charge in [-0.3, -0.25) is 4.79 Å². The number of nitrogens with zero attached hydrogens (tertiary/aromatic N) is 2. The van der Waals surface area contributed by atoms with Gasteiger partial charge in [-0.25, -0.2) is 12.8 Å². The van der Waals surface area contributed by atoms with Crippen molar-refractivity contribution >= 4 is 21.6 Å². The number of anilines is 1. The molecule has 6 nitrogen and oxygen atoms in total. The standard InChI is InChI=1S/C24H31FN2O4S/c1-31-19-24(28)27-16-9-5-3-2-4-8-15-26(18-20-11-6-7-14-23(20)27)32(29,30)22-13-10-12-21(25)17-22/h6-7,10-14,17H,2-5,8-9,15-16,18-19H2,1H3. The summed E-state index contributed by atoms with van der Waals surface area (Å²) in [5.41, 5.74) is 1.42. The van der Waals surface area contributed by atoms with E-state index in [4.69, 9.17) is 4.74 Å². The molecular weight excluding hydrogens is 431 g/mol. The molecule has 1 heterocycles. The summed E-state index contributed by atoms with van der Waals surface area (Å²) in [6, 6.07) is 12.5. The minimum Gasteiger partial charge on any atom is -0.375 e. The molecule has 1 aliphatic heterocycles. The van der Waals surface area contributed by atoms with Gasteiger partial charge in [-0.05, 0) is 42.7 Å². The second-order valence-electron chi connectivity index (χ2n) is 8.02. The van der Waals surface area contributed by atoms with Gasteiger partial charge in [0.1, 0.15) is 12.4 Å². The molecule has 2 aromatic carbocycles. The highest BCUT2D eigenvalue weighted by Gasteiger charge is 2.27. The van der Waals surface area contributed by atoms with E-state index in [9.17, 15) is 17.6 Å². The zero-order valence-electron chi connectivity index (χ0n) is 18.5. The molecule has 8 heteroatoms. The summed E-state index contributed by atoms with van der Waals surface area (Å²) in [6.45, 7) is 0.945. The molecule has 0 spiro atoms. The molecule has 0 saturated heterocycles. The van der Waals surface area contributed by atoms with Crippen molar-refractivity contribution in [3.05, 3.63) is 59.9 Å². The Labute approximate surface area is 190 Å². The zero-order chi connectivity index (χ0) is 23.0. The predicted molar refractivity (Wildman–Crippen MR) is 122 cm³/mol. The number of benzene rings is 2. The number of hydrogen-bond acceptors (Lipinski definition) is 4. The van der Waals surface area contributed by atoms with Crippen LogP contribution in [0, 0.1) is 5.82 Å². The number of hydrogen-bond donors (Lipinski definition) is 0. The Kier molecular flexibility index (Phi) is 8.78. The summed E-state index contributed by atoms with van der Waals surface area (Å²) in [6.07, 6.45) is 5.56. The summed E-state index contributed by atoms with van der Waals surface area (Å²) in [5, 5.41) is 0. The lowest BCUT2D eigenvalue weighted by molar-refractivity contribution is -0.122. The number of sulfonamides is 1. The van der Waals surface area contributed by atoms with Crippen molar-refractivity contribution in [2.45, 2.75) is 50.0 Å². The Morgan fingerprint density at radius 3 is 2.38 bits per heavy atom. The average molecular weight is 463 g/mol. The van der Waals surface area contributed by atoms with Crippen LogP contribution in [-0.2, 0) is 26.1 Å².